The van der Waals surface area contributed by atoms with Crippen molar-refractivity contribution in [1.29, 1.82) is 0 Å². The Bertz CT molecular complexity index is 648. The minimum absolute atomic E-state index is 0.0701. The van der Waals surface area contributed by atoms with Gasteiger partial charge in [-0.3, -0.25) is 0 Å². The quantitative estimate of drug-likeness (QED) is 0.468. The van der Waals surface area contributed by atoms with E-state index < -0.39 is 0 Å². The van der Waals surface area contributed by atoms with Crippen LogP contribution in [0.1, 0.15) is 102 Å². The molecule has 3 aliphatic rings. The first-order valence-corrected chi connectivity index (χ1v) is 12.5. The summed E-state index contributed by atoms with van der Waals surface area (Å²) in [5, 5.41) is 0. The molecule has 3 fully saturated rings. The highest BCUT2D eigenvalue weighted by Crippen LogP contribution is 2.49. The Labute approximate surface area is 177 Å². The van der Waals surface area contributed by atoms with Gasteiger partial charge in [-0.15, -0.1) is 0 Å². The number of benzene rings is 1. The molecule has 4 unspecified atom stereocenters. The first-order valence-electron chi connectivity index (χ1n) is 12.5. The second kappa shape index (κ2) is 9.84. The lowest BCUT2D eigenvalue weighted by Crippen LogP contribution is -2.31. The van der Waals surface area contributed by atoms with Gasteiger partial charge in [0.15, 0.2) is 0 Å². The largest absolute Gasteiger partial charge is 0.497 e. The maximum Gasteiger partial charge on any atom is 0.130 e. The zero-order valence-corrected chi connectivity index (χ0v) is 18.7. The molecule has 0 amide bonds. The number of hydrogen-bond donors (Lipinski definition) is 0. The number of ether oxygens (including phenoxy) is 1. The molecule has 162 valence electrons. The summed E-state index contributed by atoms with van der Waals surface area (Å²) in [5.74, 6) is 5.70. The van der Waals surface area contributed by atoms with Crippen molar-refractivity contribution in [2.45, 2.75) is 96.3 Å². The third-order valence-electron chi connectivity index (χ3n) is 8.90. The first kappa shape index (κ1) is 21.2. The third-order valence-corrected chi connectivity index (χ3v) is 8.90. The summed E-state index contributed by atoms with van der Waals surface area (Å²) in [4.78, 5) is 0. The van der Waals surface area contributed by atoms with Crippen LogP contribution in [-0.2, 0) is 0 Å². The third kappa shape index (κ3) is 5.17. The van der Waals surface area contributed by atoms with Crippen LogP contribution in [0.3, 0.4) is 0 Å². The number of rotatable bonds is 6. The van der Waals surface area contributed by atoms with Gasteiger partial charge < -0.3 is 4.74 Å². The van der Waals surface area contributed by atoms with Gasteiger partial charge in [-0.25, -0.2) is 4.39 Å². The van der Waals surface area contributed by atoms with E-state index in [1.165, 1.54) is 77.0 Å². The van der Waals surface area contributed by atoms with E-state index >= 15 is 0 Å². The van der Waals surface area contributed by atoms with E-state index in [0.29, 0.717) is 11.7 Å². The van der Waals surface area contributed by atoms with Gasteiger partial charge >= 0.3 is 0 Å². The fraction of sp³-hybridized carbons (Fsp3) is 0.778. The molecule has 0 saturated heterocycles. The van der Waals surface area contributed by atoms with E-state index in [1.54, 1.807) is 13.2 Å². The van der Waals surface area contributed by atoms with Gasteiger partial charge in [0.1, 0.15) is 11.6 Å². The highest BCUT2D eigenvalue weighted by atomic mass is 19.1. The predicted octanol–water partition coefficient (Wildman–Crippen LogP) is 8.13. The van der Waals surface area contributed by atoms with Crippen molar-refractivity contribution in [1.82, 2.24) is 0 Å². The summed E-state index contributed by atoms with van der Waals surface area (Å²) in [6, 6.07) is 5.46. The highest BCUT2D eigenvalue weighted by Gasteiger charge is 2.36. The molecular weight excluding hydrogens is 359 g/mol. The Morgan fingerprint density at radius 1 is 0.828 bits per heavy atom. The van der Waals surface area contributed by atoms with Gasteiger partial charge in [-0.2, -0.15) is 0 Å². The summed E-state index contributed by atoms with van der Waals surface area (Å²) in [6.45, 7) is 2.36. The van der Waals surface area contributed by atoms with Gasteiger partial charge in [-0.05, 0) is 79.2 Å². The SMILES string of the molecule is CCC1CCC(CCC2CCC3CC(c4ccc(OC)cc4F)CCC3C2)CC1. The zero-order chi connectivity index (χ0) is 20.2. The van der Waals surface area contributed by atoms with E-state index in [1.807, 2.05) is 12.1 Å². The van der Waals surface area contributed by atoms with E-state index in [2.05, 4.69) is 6.92 Å². The van der Waals surface area contributed by atoms with Crippen molar-refractivity contribution in [2.75, 3.05) is 7.11 Å². The fourth-order valence-corrected chi connectivity index (χ4v) is 6.90. The second-order valence-electron chi connectivity index (χ2n) is 10.5. The molecule has 2 heteroatoms. The number of halogens is 1. The van der Waals surface area contributed by atoms with Crippen LogP contribution in [0, 0.1) is 35.4 Å². The van der Waals surface area contributed by atoms with Crippen LogP contribution in [0.15, 0.2) is 18.2 Å². The molecule has 1 aromatic rings. The van der Waals surface area contributed by atoms with Crippen molar-refractivity contribution >= 4 is 0 Å². The minimum Gasteiger partial charge on any atom is -0.497 e. The molecule has 0 heterocycles. The molecule has 3 aliphatic carbocycles. The number of methoxy groups -OCH3 is 1. The molecule has 0 radical (unpaired) electrons. The molecular formula is C27H41FO. The van der Waals surface area contributed by atoms with E-state index in [0.717, 1.165) is 41.6 Å². The molecule has 0 spiro atoms. The van der Waals surface area contributed by atoms with Gasteiger partial charge in [0.05, 0.1) is 7.11 Å². The minimum atomic E-state index is -0.0701. The molecule has 4 rings (SSSR count). The monoisotopic (exact) mass is 400 g/mol. The maximum absolute atomic E-state index is 14.6. The lowest BCUT2D eigenvalue weighted by Gasteiger charge is -2.43. The van der Waals surface area contributed by atoms with E-state index in [4.69, 9.17) is 4.74 Å². The molecule has 3 saturated carbocycles. The van der Waals surface area contributed by atoms with E-state index in [-0.39, 0.29) is 5.82 Å². The number of fused-ring (bicyclic) bond motifs is 1. The summed E-state index contributed by atoms with van der Waals surface area (Å²) < 4.78 is 19.7. The van der Waals surface area contributed by atoms with Gasteiger partial charge in [0, 0.05) is 6.07 Å². The molecule has 4 atom stereocenters. The van der Waals surface area contributed by atoms with Crippen molar-refractivity contribution in [2.24, 2.45) is 29.6 Å². The maximum atomic E-state index is 14.6. The zero-order valence-electron chi connectivity index (χ0n) is 18.7. The molecule has 0 aromatic heterocycles. The van der Waals surface area contributed by atoms with Crippen LogP contribution in [-0.4, -0.2) is 7.11 Å². The Morgan fingerprint density at radius 3 is 2.21 bits per heavy atom. The molecule has 0 bridgehead atoms. The average Bonchev–Trinajstić information content (AvgIpc) is 2.77. The standard InChI is InChI=1S/C27H41FO/c1-3-19-4-6-20(7-5-19)8-9-21-10-11-23-17-24(13-12-22(23)16-21)26-15-14-25(29-2)18-27(26)28/h14-15,18-24H,3-13,16-17H2,1-2H3. The van der Waals surface area contributed by atoms with Crippen molar-refractivity contribution in [3.8, 4) is 5.75 Å². The topological polar surface area (TPSA) is 9.23 Å². The number of hydrogen-bond acceptors (Lipinski definition) is 1. The van der Waals surface area contributed by atoms with Crippen molar-refractivity contribution in [3.05, 3.63) is 29.6 Å². The normalized spacial score (nSPS) is 35.1. The summed E-state index contributed by atoms with van der Waals surface area (Å²) in [7, 11) is 1.61. The molecule has 1 aromatic carbocycles. The summed E-state index contributed by atoms with van der Waals surface area (Å²) >= 11 is 0. The van der Waals surface area contributed by atoms with Crippen molar-refractivity contribution < 1.29 is 9.13 Å². The summed E-state index contributed by atoms with van der Waals surface area (Å²) in [6.07, 6.45) is 18.2. The van der Waals surface area contributed by atoms with Gasteiger partial charge in [0.25, 0.3) is 0 Å². The molecule has 0 aliphatic heterocycles. The van der Waals surface area contributed by atoms with Crippen LogP contribution in [0.5, 0.6) is 5.75 Å². The van der Waals surface area contributed by atoms with Crippen molar-refractivity contribution in [3.63, 3.8) is 0 Å². The Balaban J connectivity index is 1.24. The van der Waals surface area contributed by atoms with Gasteiger partial charge in [-0.1, -0.05) is 64.4 Å². The lowest BCUT2D eigenvalue weighted by atomic mass is 9.63. The molecule has 29 heavy (non-hydrogen) atoms. The van der Waals surface area contributed by atoms with Crippen LogP contribution < -0.4 is 4.74 Å². The van der Waals surface area contributed by atoms with Crippen LogP contribution in [0.25, 0.3) is 0 Å². The summed E-state index contributed by atoms with van der Waals surface area (Å²) in [5.41, 5.74) is 0.925. The lowest BCUT2D eigenvalue weighted by molar-refractivity contribution is 0.108. The first-order chi connectivity index (χ1) is 14.2. The van der Waals surface area contributed by atoms with Crippen LogP contribution >= 0.6 is 0 Å². The Kier molecular flexibility index (Phi) is 7.19. The van der Waals surface area contributed by atoms with Crippen LogP contribution in [0.4, 0.5) is 4.39 Å². The Hall–Kier alpha value is -1.05. The molecule has 1 nitrogen and oxygen atoms in total. The van der Waals surface area contributed by atoms with E-state index in [9.17, 15) is 4.39 Å². The highest BCUT2D eigenvalue weighted by molar-refractivity contribution is 5.31. The van der Waals surface area contributed by atoms with Crippen LogP contribution in [0.2, 0.25) is 0 Å². The average molecular weight is 401 g/mol. The predicted molar refractivity (Wildman–Crippen MR) is 119 cm³/mol. The Morgan fingerprint density at radius 2 is 1.48 bits per heavy atom. The fourth-order valence-electron chi connectivity index (χ4n) is 6.90. The molecule has 0 N–H and O–H groups in total. The van der Waals surface area contributed by atoms with Gasteiger partial charge in [0.2, 0.25) is 0 Å². The smallest absolute Gasteiger partial charge is 0.130 e. The second-order valence-corrected chi connectivity index (χ2v) is 10.5.